The molecule has 5 heteroatoms. The van der Waals surface area contributed by atoms with Gasteiger partial charge in [-0.15, -0.1) is 0 Å². The van der Waals surface area contributed by atoms with E-state index in [1.807, 2.05) is 30.3 Å². The third kappa shape index (κ3) is 4.70. The number of hydrogen-bond donors (Lipinski definition) is 0. The van der Waals surface area contributed by atoms with Crippen molar-refractivity contribution in [3.05, 3.63) is 59.8 Å². The van der Waals surface area contributed by atoms with E-state index in [1.165, 1.54) is 6.20 Å². The van der Waals surface area contributed by atoms with Crippen molar-refractivity contribution in [1.82, 2.24) is 4.98 Å². The first-order valence-corrected chi connectivity index (χ1v) is 7.00. The van der Waals surface area contributed by atoms with Crippen LogP contribution < -0.4 is 4.74 Å². The van der Waals surface area contributed by atoms with E-state index in [4.69, 9.17) is 9.47 Å². The highest BCUT2D eigenvalue weighted by Gasteiger charge is 2.13. The maximum absolute atomic E-state index is 11.8. The molecule has 0 saturated carbocycles. The van der Waals surface area contributed by atoms with Gasteiger partial charge < -0.3 is 9.47 Å². The summed E-state index contributed by atoms with van der Waals surface area (Å²) in [6.07, 6.45) is 1.13. The second kappa shape index (κ2) is 7.93. The van der Waals surface area contributed by atoms with Crippen molar-refractivity contribution in [2.24, 2.45) is 0 Å². The minimum absolute atomic E-state index is 0.261. The molecule has 1 aromatic carbocycles. The Kier molecular flexibility index (Phi) is 5.65. The predicted molar refractivity (Wildman–Crippen MR) is 80.6 cm³/mol. The van der Waals surface area contributed by atoms with Gasteiger partial charge >= 0.3 is 5.97 Å². The molecule has 0 aliphatic carbocycles. The highest BCUT2D eigenvalue weighted by Crippen LogP contribution is 2.12. The number of Topliss-reactive ketones (excluding diaryl/α,β-unsaturated/α-hetero) is 1. The molecule has 1 heterocycles. The van der Waals surface area contributed by atoms with Gasteiger partial charge in [-0.1, -0.05) is 30.3 Å². The van der Waals surface area contributed by atoms with Gasteiger partial charge in [-0.05, 0) is 18.6 Å². The first-order valence-electron chi connectivity index (χ1n) is 7.00. The summed E-state index contributed by atoms with van der Waals surface area (Å²) in [4.78, 5) is 27.2. The van der Waals surface area contributed by atoms with Gasteiger partial charge in [0.15, 0.2) is 5.78 Å². The Hall–Kier alpha value is -2.69. The van der Waals surface area contributed by atoms with Crippen molar-refractivity contribution in [3.8, 4) is 5.88 Å². The zero-order valence-electron chi connectivity index (χ0n) is 12.3. The highest BCUT2D eigenvalue weighted by atomic mass is 16.5. The molecule has 0 radical (unpaired) electrons. The van der Waals surface area contributed by atoms with E-state index >= 15 is 0 Å². The zero-order valence-corrected chi connectivity index (χ0v) is 12.3. The number of carbonyl (C=O) groups excluding carboxylic acids is 2. The van der Waals surface area contributed by atoms with Gasteiger partial charge in [0.05, 0.1) is 6.61 Å². The van der Waals surface area contributed by atoms with Crippen molar-refractivity contribution in [1.29, 1.82) is 0 Å². The number of pyridine rings is 1. The third-order valence-corrected chi connectivity index (χ3v) is 2.90. The number of nitrogens with zero attached hydrogens (tertiary/aromatic N) is 1. The van der Waals surface area contributed by atoms with Crippen LogP contribution in [0.5, 0.6) is 5.88 Å². The standard InChI is InChI=1S/C17H17NO4/c1-2-21-17(20)10-15(19)14-8-9-16(18-11-14)22-12-13-6-4-3-5-7-13/h3-9,11H,2,10,12H2,1H3. The maximum Gasteiger partial charge on any atom is 0.313 e. The van der Waals surface area contributed by atoms with Crippen molar-refractivity contribution in [2.75, 3.05) is 6.61 Å². The molecule has 22 heavy (non-hydrogen) atoms. The van der Waals surface area contributed by atoms with Gasteiger partial charge in [-0.3, -0.25) is 9.59 Å². The van der Waals surface area contributed by atoms with Crippen LogP contribution in [-0.2, 0) is 16.1 Å². The molecule has 0 aliphatic rings. The van der Waals surface area contributed by atoms with E-state index in [9.17, 15) is 9.59 Å². The molecule has 0 spiro atoms. The number of rotatable bonds is 7. The van der Waals surface area contributed by atoms with Gasteiger partial charge in [0.1, 0.15) is 13.0 Å². The fourth-order valence-electron chi connectivity index (χ4n) is 1.81. The second-order valence-electron chi connectivity index (χ2n) is 4.56. The Morgan fingerprint density at radius 3 is 2.50 bits per heavy atom. The van der Waals surface area contributed by atoms with Gasteiger partial charge in [0, 0.05) is 17.8 Å². The number of esters is 1. The Bertz CT molecular complexity index is 623. The van der Waals surface area contributed by atoms with Crippen molar-refractivity contribution >= 4 is 11.8 Å². The van der Waals surface area contributed by atoms with Crippen molar-refractivity contribution < 1.29 is 19.1 Å². The SMILES string of the molecule is CCOC(=O)CC(=O)c1ccc(OCc2ccccc2)nc1. The summed E-state index contributed by atoms with van der Waals surface area (Å²) in [5.74, 6) is -0.422. The number of aromatic nitrogens is 1. The second-order valence-corrected chi connectivity index (χ2v) is 4.56. The molecule has 0 N–H and O–H groups in total. The molecule has 0 saturated heterocycles. The lowest BCUT2D eigenvalue weighted by atomic mass is 10.1. The predicted octanol–water partition coefficient (Wildman–Crippen LogP) is 2.80. The van der Waals surface area contributed by atoms with Crippen LogP contribution in [0.3, 0.4) is 0 Å². The summed E-state index contributed by atoms with van der Waals surface area (Å²) >= 11 is 0. The molecule has 2 rings (SSSR count). The molecule has 0 fully saturated rings. The number of carbonyl (C=O) groups is 2. The minimum atomic E-state index is -0.531. The average Bonchev–Trinajstić information content (AvgIpc) is 2.54. The monoisotopic (exact) mass is 299 g/mol. The van der Waals surface area contributed by atoms with Crippen molar-refractivity contribution in [3.63, 3.8) is 0 Å². The van der Waals surface area contributed by atoms with E-state index in [-0.39, 0.29) is 18.8 Å². The fraction of sp³-hybridized carbons (Fsp3) is 0.235. The molecular weight excluding hydrogens is 282 g/mol. The molecule has 0 bridgehead atoms. The number of benzene rings is 1. The minimum Gasteiger partial charge on any atom is -0.473 e. The molecule has 0 unspecified atom stereocenters. The summed E-state index contributed by atoms with van der Waals surface area (Å²) < 4.78 is 10.3. The molecular formula is C17H17NO4. The Balaban J connectivity index is 1.90. The largest absolute Gasteiger partial charge is 0.473 e. The Morgan fingerprint density at radius 2 is 1.86 bits per heavy atom. The maximum atomic E-state index is 11.8. The third-order valence-electron chi connectivity index (χ3n) is 2.90. The van der Waals surface area contributed by atoms with Crippen LogP contribution in [0.15, 0.2) is 48.7 Å². The Morgan fingerprint density at radius 1 is 1.09 bits per heavy atom. The summed E-state index contributed by atoms with van der Waals surface area (Å²) in [6, 6.07) is 12.9. The van der Waals surface area contributed by atoms with E-state index < -0.39 is 5.97 Å². The molecule has 0 aliphatic heterocycles. The van der Waals surface area contributed by atoms with Crippen LogP contribution in [0.25, 0.3) is 0 Å². The molecule has 0 amide bonds. The van der Waals surface area contributed by atoms with Crippen LogP contribution in [0.4, 0.5) is 0 Å². The van der Waals surface area contributed by atoms with Crippen LogP contribution >= 0.6 is 0 Å². The first-order chi connectivity index (χ1) is 10.7. The number of ketones is 1. The zero-order chi connectivity index (χ0) is 15.8. The van der Waals surface area contributed by atoms with E-state index in [2.05, 4.69) is 4.98 Å². The van der Waals surface area contributed by atoms with Gasteiger partial charge in [-0.2, -0.15) is 0 Å². The number of hydrogen-bond acceptors (Lipinski definition) is 5. The lowest BCUT2D eigenvalue weighted by Gasteiger charge is -2.06. The van der Waals surface area contributed by atoms with Crippen LogP contribution in [0.2, 0.25) is 0 Å². The normalized spacial score (nSPS) is 10.0. The quantitative estimate of drug-likeness (QED) is 0.447. The first kappa shape index (κ1) is 15.7. The Labute approximate surface area is 128 Å². The van der Waals surface area contributed by atoms with E-state index in [0.29, 0.717) is 18.1 Å². The average molecular weight is 299 g/mol. The lowest BCUT2D eigenvalue weighted by molar-refractivity contribution is -0.141. The smallest absolute Gasteiger partial charge is 0.313 e. The van der Waals surface area contributed by atoms with Gasteiger partial charge in [0.25, 0.3) is 0 Å². The summed E-state index contributed by atoms with van der Waals surface area (Å²) in [7, 11) is 0. The summed E-state index contributed by atoms with van der Waals surface area (Å²) in [5, 5.41) is 0. The fourth-order valence-corrected chi connectivity index (χ4v) is 1.81. The topological polar surface area (TPSA) is 65.5 Å². The highest BCUT2D eigenvalue weighted by molar-refractivity contribution is 6.05. The lowest BCUT2D eigenvalue weighted by Crippen LogP contribution is -2.11. The van der Waals surface area contributed by atoms with E-state index in [1.54, 1.807) is 19.1 Å². The molecule has 1 aromatic heterocycles. The van der Waals surface area contributed by atoms with Crippen molar-refractivity contribution in [2.45, 2.75) is 20.0 Å². The van der Waals surface area contributed by atoms with Crippen LogP contribution in [0.1, 0.15) is 29.3 Å². The van der Waals surface area contributed by atoms with Crippen LogP contribution in [0, 0.1) is 0 Å². The molecule has 0 atom stereocenters. The number of ether oxygens (including phenoxy) is 2. The van der Waals surface area contributed by atoms with E-state index in [0.717, 1.165) is 5.56 Å². The summed E-state index contributed by atoms with van der Waals surface area (Å²) in [6.45, 7) is 2.36. The van der Waals surface area contributed by atoms with Crippen LogP contribution in [-0.4, -0.2) is 23.3 Å². The summed E-state index contributed by atoms with van der Waals surface area (Å²) in [5.41, 5.74) is 1.40. The molecule has 114 valence electrons. The molecule has 2 aromatic rings. The van der Waals surface area contributed by atoms with Gasteiger partial charge in [-0.25, -0.2) is 4.98 Å². The molecule has 5 nitrogen and oxygen atoms in total. The van der Waals surface area contributed by atoms with Gasteiger partial charge in [0.2, 0.25) is 5.88 Å².